The molecule has 0 radical (unpaired) electrons. The minimum Gasteiger partial charge on any atom is -0.346 e. The van der Waals surface area contributed by atoms with Gasteiger partial charge in [-0.25, -0.2) is 4.98 Å². The summed E-state index contributed by atoms with van der Waals surface area (Å²) in [6.45, 7) is 2.98. The van der Waals surface area contributed by atoms with E-state index in [0.717, 1.165) is 40.6 Å². The largest absolute Gasteiger partial charge is 0.346 e. The van der Waals surface area contributed by atoms with Crippen molar-refractivity contribution >= 4 is 34.1 Å². The molecular formula is C22H26N4S. The van der Waals surface area contributed by atoms with E-state index in [-0.39, 0.29) is 0 Å². The third kappa shape index (κ3) is 4.30. The highest BCUT2D eigenvalue weighted by Crippen LogP contribution is 2.25. The van der Waals surface area contributed by atoms with E-state index in [1.165, 1.54) is 31.2 Å². The van der Waals surface area contributed by atoms with Crippen molar-refractivity contribution in [2.45, 2.75) is 45.1 Å². The molecule has 1 saturated carbocycles. The van der Waals surface area contributed by atoms with Gasteiger partial charge in [0.1, 0.15) is 5.82 Å². The molecule has 0 saturated heterocycles. The summed E-state index contributed by atoms with van der Waals surface area (Å²) in [6, 6.07) is 17.1. The molecule has 4 rings (SSSR count). The van der Waals surface area contributed by atoms with E-state index in [2.05, 4.69) is 52.5 Å². The molecule has 27 heavy (non-hydrogen) atoms. The van der Waals surface area contributed by atoms with E-state index in [0.29, 0.717) is 6.04 Å². The zero-order chi connectivity index (χ0) is 18.6. The van der Waals surface area contributed by atoms with Crippen LogP contribution < -0.4 is 5.32 Å². The van der Waals surface area contributed by atoms with Crippen LogP contribution in [-0.2, 0) is 6.42 Å². The number of anilines is 1. The maximum Gasteiger partial charge on any atom is 0.173 e. The summed E-state index contributed by atoms with van der Waals surface area (Å²) in [7, 11) is 0. The quantitative estimate of drug-likeness (QED) is 0.610. The molecule has 140 valence electrons. The van der Waals surface area contributed by atoms with E-state index >= 15 is 0 Å². The number of rotatable bonds is 5. The van der Waals surface area contributed by atoms with Gasteiger partial charge in [0, 0.05) is 24.7 Å². The summed E-state index contributed by atoms with van der Waals surface area (Å²) in [6.07, 6.45) is 5.88. The predicted molar refractivity (Wildman–Crippen MR) is 116 cm³/mol. The number of benzene rings is 2. The predicted octanol–water partition coefficient (Wildman–Crippen LogP) is 5.06. The highest BCUT2D eigenvalue weighted by molar-refractivity contribution is 7.80. The Labute approximate surface area is 166 Å². The molecule has 3 aromatic rings. The zero-order valence-corrected chi connectivity index (χ0v) is 16.6. The Balaban J connectivity index is 1.47. The van der Waals surface area contributed by atoms with Gasteiger partial charge in [-0.1, -0.05) is 37.1 Å². The summed E-state index contributed by atoms with van der Waals surface area (Å²) in [5, 5.41) is 4.27. The van der Waals surface area contributed by atoms with E-state index in [4.69, 9.17) is 17.2 Å². The van der Waals surface area contributed by atoms with Crippen LogP contribution in [0.5, 0.6) is 0 Å². The molecule has 2 N–H and O–H groups in total. The Kier molecular flexibility index (Phi) is 5.39. The van der Waals surface area contributed by atoms with Crippen LogP contribution >= 0.6 is 12.2 Å². The normalized spacial score (nSPS) is 14.6. The molecule has 4 nitrogen and oxygen atoms in total. The summed E-state index contributed by atoms with van der Waals surface area (Å²) in [4.78, 5) is 10.5. The second-order valence-electron chi connectivity index (χ2n) is 7.38. The number of imidazole rings is 1. The molecule has 1 aromatic heterocycles. The maximum atomic E-state index is 5.80. The number of hydrogen-bond donors (Lipinski definition) is 2. The average Bonchev–Trinajstić information content (AvgIpc) is 3.31. The number of aryl methyl sites for hydroxylation is 1. The molecule has 0 aliphatic heterocycles. The first kappa shape index (κ1) is 18.0. The summed E-state index contributed by atoms with van der Waals surface area (Å²) >= 11 is 5.80. The molecule has 1 aliphatic rings. The van der Waals surface area contributed by atoms with Gasteiger partial charge in [-0.3, -0.25) is 0 Å². The van der Waals surface area contributed by atoms with E-state index < -0.39 is 0 Å². The molecule has 1 heterocycles. The first-order chi connectivity index (χ1) is 13.2. The van der Waals surface area contributed by atoms with Crippen LogP contribution in [0.2, 0.25) is 0 Å². The van der Waals surface area contributed by atoms with Gasteiger partial charge in [-0.05, 0) is 61.8 Å². The molecule has 0 bridgehead atoms. The number of nitrogens with zero attached hydrogens (tertiary/aromatic N) is 2. The fraction of sp³-hybridized carbons (Fsp3) is 0.364. The van der Waals surface area contributed by atoms with Crippen molar-refractivity contribution in [1.29, 1.82) is 0 Å². The Hall–Kier alpha value is -2.40. The number of thiocarbonyl (C=S) groups is 1. The van der Waals surface area contributed by atoms with Crippen LogP contribution in [0, 0.1) is 6.92 Å². The Morgan fingerprint density at radius 3 is 2.78 bits per heavy atom. The van der Waals surface area contributed by atoms with Gasteiger partial charge in [0.05, 0.1) is 11.0 Å². The Morgan fingerprint density at radius 2 is 2.00 bits per heavy atom. The first-order valence-corrected chi connectivity index (χ1v) is 10.2. The minimum absolute atomic E-state index is 0.527. The number of nitrogens with one attached hydrogen (secondary N) is 2. The summed E-state index contributed by atoms with van der Waals surface area (Å²) in [5.74, 6) is 1.03. The van der Waals surface area contributed by atoms with Crippen LogP contribution in [0.25, 0.3) is 11.0 Å². The van der Waals surface area contributed by atoms with Gasteiger partial charge in [0.25, 0.3) is 0 Å². The summed E-state index contributed by atoms with van der Waals surface area (Å²) in [5.41, 5.74) is 4.42. The van der Waals surface area contributed by atoms with Gasteiger partial charge in [0.2, 0.25) is 0 Å². The lowest BCUT2D eigenvalue weighted by molar-refractivity contribution is 0.320. The van der Waals surface area contributed by atoms with Gasteiger partial charge >= 0.3 is 0 Å². The van der Waals surface area contributed by atoms with Crippen LogP contribution in [-0.4, -0.2) is 32.6 Å². The first-order valence-electron chi connectivity index (χ1n) is 9.77. The molecule has 0 spiro atoms. The number of H-pyrrole nitrogens is 1. The number of hydrogen-bond acceptors (Lipinski definition) is 2. The van der Waals surface area contributed by atoms with Crippen LogP contribution in [0.4, 0.5) is 5.69 Å². The number of fused-ring (bicyclic) bond motifs is 1. The molecular weight excluding hydrogens is 352 g/mol. The Morgan fingerprint density at radius 1 is 1.19 bits per heavy atom. The van der Waals surface area contributed by atoms with E-state index in [1.807, 2.05) is 18.2 Å². The highest BCUT2D eigenvalue weighted by atomic mass is 32.1. The van der Waals surface area contributed by atoms with Gasteiger partial charge in [-0.2, -0.15) is 0 Å². The number of aromatic nitrogens is 2. The monoisotopic (exact) mass is 378 g/mol. The topological polar surface area (TPSA) is 44.0 Å². The van der Waals surface area contributed by atoms with Gasteiger partial charge < -0.3 is 15.2 Å². The number of aromatic amines is 1. The van der Waals surface area contributed by atoms with Crippen LogP contribution in [0.15, 0.2) is 48.5 Å². The molecule has 1 aliphatic carbocycles. The second-order valence-corrected chi connectivity index (χ2v) is 7.77. The van der Waals surface area contributed by atoms with E-state index in [1.54, 1.807) is 0 Å². The van der Waals surface area contributed by atoms with Crippen molar-refractivity contribution in [2.75, 3.05) is 11.9 Å². The fourth-order valence-corrected chi connectivity index (χ4v) is 4.29. The van der Waals surface area contributed by atoms with Crippen LogP contribution in [0.3, 0.4) is 0 Å². The third-order valence-corrected chi connectivity index (χ3v) is 5.66. The van der Waals surface area contributed by atoms with Gasteiger partial charge in [0.15, 0.2) is 5.11 Å². The second kappa shape index (κ2) is 8.09. The molecule has 5 heteroatoms. The lowest BCUT2D eigenvalue weighted by Gasteiger charge is -2.31. The molecule has 0 atom stereocenters. The minimum atomic E-state index is 0.527. The maximum absolute atomic E-state index is 5.80. The molecule has 2 aromatic carbocycles. The highest BCUT2D eigenvalue weighted by Gasteiger charge is 2.24. The lowest BCUT2D eigenvalue weighted by Crippen LogP contribution is -2.42. The van der Waals surface area contributed by atoms with Crippen molar-refractivity contribution < 1.29 is 0 Å². The van der Waals surface area contributed by atoms with Crippen molar-refractivity contribution in [3.05, 3.63) is 59.9 Å². The summed E-state index contributed by atoms with van der Waals surface area (Å²) < 4.78 is 0. The Bertz CT molecular complexity index is 894. The molecule has 0 unspecified atom stereocenters. The van der Waals surface area contributed by atoms with Gasteiger partial charge in [-0.15, -0.1) is 0 Å². The molecule has 1 fully saturated rings. The van der Waals surface area contributed by atoms with E-state index in [9.17, 15) is 0 Å². The van der Waals surface area contributed by atoms with Crippen LogP contribution in [0.1, 0.15) is 37.1 Å². The van der Waals surface area contributed by atoms with Crippen molar-refractivity contribution in [1.82, 2.24) is 14.9 Å². The third-order valence-electron chi connectivity index (χ3n) is 5.32. The average molecular weight is 379 g/mol. The van der Waals surface area contributed by atoms with Crippen molar-refractivity contribution in [3.63, 3.8) is 0 Å². The standard InChI is InChI=1S/C22H26N4S/c1-16-7-6-8-17(15-16)23-22(27)26(18-9-2-3-10-18)14-13-21-24-19-11-4-5-12-20(19)25-21/h4-8,11-12,15,18H,2-3,9-10,13-14H2,1H3,(H,23,27)(H,24,25). The molecule has 0 amide bonds. The SMILES string of the molecule is Cc1cccc(NC(=S)N(CCc2nc3ccccc3[nH]2)C2CCCC2)c1. The smallest absolute Gasteiger partial charge is 0.173 e. The van der Waals surface area contributed by atoms with Crippen molar-refractivity contribution in [3.8, 4) is 0 Å². The lowest BCUT2D eigenvalue weighted by atomic mass is 10.2. The fourth-order valence-electron chi connectivity index (χ4n) is 3.93. The van der Waals surface area contributed by atoms with Crippen molar-refractivity contribution in [2.24, 2.45) is 0 Å². The zero-order valence-electron chi connectivity index (χ0n) is 15.7. The number of para-hydroxylation sites is 2.